The average Bonchev–Trinajstić information content (AvgIpc) is 3.09. The summed E-state index contributed by atoms with van der Waals surface area (Å²) in [4.78, 5) is 27.4. The van der Waals surface area contributed by atoms with E-state index in [0.717, 1.165) is 0 Å². The molecule has 2 heterocycles. The second kappa shape index (κ2) is 11.2. The van der Waals surface area contributed by atoms with Crippen LogP contribution >= 0.6 is 0 Å². The molecule has 1 amide bonds. The number of hydrogen-bond donors (Lipinski definition) is 1. The van der Waals surface area contributed by atoms with E-state index in [0.29, 0.717) is 22.4 Å². The molecule has 3 rings (SSSR count). The number of benzene rings is 1. The van der Waals surface area contributed by atoms with Crippen molar-refractivity contribution in [1.82, 2.24) is 0 Å². The summed E-state index contributed by atoms with van der Waals surface area (Å²) in [7, 11) is 1.60. The van der Waals surface area contributed by atoms with Crippen molar-refractivity contribution in [2.24, 2.45) is 5.92 Å². The molecule has 2 aliphatic rings. The molecule has 1 saturated heterocycles. The van der Waals surface area contributed by atoms with Gasteiger partial charge in [-0.15, -0.1) is 0 Å². The first-order chi connectivity index (χ1) is 17.5. The van der Waals surface area contributed by atoms with Gasteiger partial charge >= 0.3 is 12.1 Å². The molecule has 1 aromatic rings. The maximum absolute atomic E-state index is 15.0. The number of anilines is 1. The Morgan fingerprint density at radius 2 is 1.87 bits per heavy atom. The maximum Gasteiger partial charge on any atom is 0.414 e. The second-order valence-electron chi connectivity index (χ2n) is 11.5. The van der Waals surface area contributed by atoms with Crippen molar-refractivity contribution < 1.29 is 38.0 Å². The third-order valence-corrected chi connectivity index (χ3v) is 6.55. The highest BCUT2D eigenvalue weighted by Gasteiger charge is 2.45. The van der Waals surface area contributed by atoms with Crippen LogP contribution in [0.1, 0.15) is 76.4 Å². The van der Waals surface area contributed by atoms with Gasteiger partial charge in [-0.1, -0.05) is 19.1 Å². The molecule has 210 valence electrons. The largest absolute Gasteiger partial charge is 0.458 e. The third kappa shape index (κ3) is 7.01. The number of carbonyl (C=O) groups is 2. The predicted octanol–water partition coefficient (Wildman–Crippen LogP) is 5.70. The number of amides is 1. The van der Waals surface area contributed by atoms with Gasteiger partial charge in [0, 0.05) is 18.7 Å². The molecule has 0 spiro atoms. The number of cyclic esters (lactones) is 1. The van der Waals surface area contributed by atoms with Crippen molar-refractivity contribution in [2.75, 3.05) is 11.9 Å². The molecule has 1 N–H and O–H groups in total. The van der Waals surface area contributed by atoms with Crippen LogP contribution in [0.5, 0.6) is 0 Å². The summed E-state index contributed by atoms with van der Waals surface area (Å²) in [6.45, 7) is 13.9. The van der Waals surface area contributed by atoms with Crippen LogP contribution in [0.2, 0.25) is 0 Å². The van der Waals surface area contributed by atoms with Crippen LogP contribution in [0.4, 0.5) is 14.9 Å². The normalized spacial score (nSPS) is 29.3. The number of hydrogen-bond acceptors (Lipinski definition) is 7. The van der Waals surface area contributed by atoms with Gasteiger partial charge in [-0.05, 0) is 84.2 Å². The van der Waals surface area contributed by atoms with E-state index in [1.165, 1.54) is 11.0 Å². The second-order valence-corrected chi connectivity index (χ2v) is 11.5. The van der Waals surface area contributed by atoms with E-state index in [-0.39, 0.29) is 6.42 Å². The van der Waals surface area contributed by atoms with E-state index in [2.05, 4.69) is 0 Å². The lowest BCUT2D eigenvalue weighted by atomic mass is 9.96. The van der Waals surface area contributed by atoms with Crippen LogP contribution < -0.4 is 4.90 Å². The number of fused-ring (bicyclic) bond motifs is 2. The first kappa shape index (κ1) is 29.8. The fraction of sp³-hybridized carbons (Fsp3) is 0.586. The molecule has 0 aliphatic carbocycles. The van der Waals surface area contributed by atoms with Gasteiger partial charge in [0.15, 0.2) is 5.79 Å². The summed E-state index contributed by atoms with van der Waals surface area (Å²) in [5, 5.41) is 10.7. The van der Waals surface area contributed by atoms with Crippen LogP contribution in [-0.2, 0) is 18.9 Å². The summed E-state index contributed by atoms with van der Waals surface area (Å²) >= 11 is 0. The Bertz CT molecular complexity index is 1120. The molecule has 0 bridgehead atoms. The Labute approximate surface area is 224 Å². The fourth-order valence-corrected chi connectivity index (χ4v) is 4.45. The van der Waals surface area contributed by atoms with Crippen molar-refractivity contribution in [3.05, 3.63) is 46.8 Å². The SMILES string of the molecule is Cc1cc(N(C)C(=O)OC(C)(C)C)cc2c1C(=O)O[C@@H](C)[C@H](C)/C=C(/F)[C@@H](O)[C@H]1OC(C)(C)O[C@H]1CC=C2. The average molecular weight is 534 g/mol. The van der Waals surface area contributed by atoms with E-state index in [1.807, 2.05) is 0 Å². The standard InChI is InChI=1S/C29H40FNO7/c1-16-14-21(30)24(32)25-22(36-29(7,8)37-25)12-10-11-19-15-20(31(9)27(34)38-28(4,5)6)13-17(2)23(19)26(33)35-18(16)3/h10-11,13-16,18,22,24-25,32H,12H2,1-9H3/b11-10?,21-14+/t16-,18+,22+,24-,25+/m1/s1. The number of nitrogens with zero attached hydrogens (tertiary/aromatic N) is 1. The van der Waals surface area contributed by atoms with Crippen molar-refractivity contribution in [2.45, 2.75) is 97.6 Å². The van der Waals surface area contributed by atoms with E-state index < -0.39 is 59.6 Å². The number of carbonyl (C=O) groups excluding carboxylic acids is 2. The van der Waals surface area contributed by atoms with E-state index >= 15 is 4.39 Å². The molecular weight excluding hydrogens is 493 g/mol. The van der Waals surface area contributed by atoms with Crippen molar-refractivity contribution >= 4 is 23.8 Å². The van der Waals surface area contributed by atoms with Crippen molar-refractivity contribution in [3.8, 4) is 0 Å². The van der Waals surface area contributed by atoms with Gasteiger partial charge in [-0.25, -0.2) is 14.0 Å². The summed E-state index contributed by atoms with van der Waals surface area (Å²) < 4.78 is 38.0. The minimum atomic E-state index is -1.54. The summed E-state index contributed by atoms with van der Waals surface area (Å²) in [5.74, 6) is -2.86. The number of esters is 1. The van der Waals surface area contributed by atoms with E-state index in [9.17, 15) is 14.7 Å². The number of ether oxygens (including phenoxy) is 4. The van der Waals surface area contributed by atoms with Crippen LogP contribution in [0.25, 0.3) is 6.08 Å². The summed E-state index contributed by atoms with van der Waals surface area (Å²) in [5.41, 5.74) is 1.34. The van der Waals surface area contributed by atoms with Gasteiger partial charge in [0.1, 0.15) is 29.7 Å². The molecule has 8 nitrogen and oxygen atoms in total. The molecule has 0 saturated carbocycles. The van der Waals surface area contributed by atoms with Crippen molar-refractivity contribution in [1.29, 1.82) is 0 Å². The molecule has 0 radical (unpaired) electrons. The lowest BCUT2D eigenvalue weighted by molar-refractivity contribution is -0.153. The van der Waals surface area contributed by atoms with Gasteiger partial charge in [0.25, 0.3) is 0 Å². The van der Waals surface area contributed by atoms with Gasteiger partial charge in [0.2, 0.25) is 0 Å². The van der Waals surface area contributed by atoms with Crippen LogP contribution in [0.15, 0.2) is 30.1 Å². The lowest BCUT2D eigenvalue weighted by Crippen LogP contribution is -2.36. The minimum absolute atomic E-state index is 0.282. The molecular formula is C29H40FNO7. The molecule has 0 aromatic heterocycles. The molecule has 1 fully saturated rings. The predicted molar refractivity (Wildman–Crippen MR) is 143 cm³/mol. The quantitative estimate of drug-likeness (QED) is 0.463. The topological polar surface area (TPSA) is 94.5 Å². The van der Waals surface area contributed by atoms with Gasteiger partial charge < -0.3 is 24.1 Å². The number of halogens is 1. The Balaban J connectivity index is 2.06. The van der Waals surface area contributed by atoms with Gasteiger partial charge in [-0.2, -0.15) is 0 Å². The van der Waals surface area contributed by atoms with E-state index in [4.69, 9.17) is 18.9 Å². The summed E-state index contributed by atoms with van der Waals surface area (Å²) in [6, 6.07) is 3.43. The molecule has 38 heavy (non-hydrogen) atoms. The molecule has 1 aromatic carbocycles. The van der Waals surface area contributed by atoms with Crippen LogP contribution in [0, 0.1) is 12.8 Å². The smallest absolute Gasteiger partial charge is 0.414 e. The fourth-order valence-electron chi connectivity index (χ4n) is 4.45. The van der Waals surface area contributed by atoms with Gasteiger partial charge in [-0.3, -0.25) is 4.90 Å². The van der Waals surface area contributed by atoms with E-state index in [1.54, 1.807) is 86.7 Å². The minimum Gasteiger partial charge on any atom is -0.458 e. The number of rotatable bonds is 1. The molecule has 2 aliphatic heterocycles. The third-order valence-electron chi connectivity index (χ3n) is 6.55. The zero-order valence-electron chi connectivity index (χ0n) is 23.7. The first-order valence-corrected chi connectivity index (χ1v) is 12.9. The number of aryl methyl sites for hydroxylation is 1. The molecule has 5 atom stereocenters. The van der Waals surface area contributed by atoms with Crippen molar-refractivity contribution in [3.63, 3.8) is 0 Å². The Kier molecular flexibility index (Phi) is 8.75. The summed E-state index contributed by atoms with van der Waals surface area (Å²) in [6.07, 6.45) is 0.740. The Morgan fingerprint density at radius 3 is 2.50 bits per heavy atom. The first-order valence-electron chi connectivity index (χ1n) is 12.9. The van der Waals surface area contributed by atoms with Crippen LogP contribution in [0.3, 0.4) is 0 Å². The molecule has 0 unspecified atom stereocenters. The highest BCUT2D eigenvalue weighted by molar-refractivity contribution is 5.97. The Morgan fingerprint density at radius 1 is 1.21 bits per heavy atom. The monoisotopic (exact) mass is 533 g/mol. The maximum atomic E-state index is 15.0. The number of aliphatic hydroxyl groups excluding tert-OH is 1. The number of aliphatic hydroxyl groups is 1. The highest BCUT2D eigenvalue weighted by Crippen LogP contribution is 2.35. The lowest BCUT2D eigenvalue weighted by Gasteiger charge is -2.26. The van der Waals surface area contributed by atoms with Crippen LogP contribution in [-0.4, -0.2) is 60.0 Å². The Hall–Kier alpha value is -2.75. The molecule has 9 heteroatoms. The zero-order valence-corrected chi connectivity index (χ0v) is 23.7. The zero-order chi connectivity index (χ0) is 28.6. The highest BCUT2D eigenvalue weighted by atomic mass is 19.1. The van der Waals surface area contributed by atoms with Gasteiger partial charge in [0.05, 0.1) is 11.7 Å².